The van der Waals surface area contributed by atoms with Gasteiger partial charge in [0.25, 0.3) is 0 Å². The van der Waals surface area contributed by atoms with Gasteiger partial charge in [-0.05, 0) is 62.1 Å². The van der Waals surface area contributed by atoms with E-state index in [1.807, 2.05) is 12.1 Å². The van der Waals surface area contributed by atoms with Gasteiger partial charge in [-0.2, -0.15) is 5.10 Å². The van der Waals surface area contributed by atoms with E-state index in [2.05, 4.69) is 86.4 Å². The molecule has 170 valence electrons. The number of H-pyrrole nitrogens is 1. The van der Waals surface area contributed by atoms with E-state index in [1.54, 1.807) is 0 Å². The molecule has 0 atom stereocenters. The topological polar surface area (TPSA) is 66.8 Å². The van der Waals surface area contributed by atoms with E-state index in [9.17, 15) is 0 Å². The number of benzene rings is 1. The van der Waals surface area contributed by atoms with E-state index >= 15 is 0 Å². The summed E-state index contributed by atoms with van der Waals surface area (Å²) in [4.78, 5) is 14.8. The van der Waals surface area contributed by atoms with Crippen LogP contribution in [0.1, 0.15) is 44.1 Å². The number of hydrogen-bond acceptors (Lipinski definition) is 4. The van der Waals surface area contributed by atoms with Gasteiger partial charge in [0.05, 0.1) is 29.3 Å². The summed E-state index contributed by atoms with van der Waals surface area (Å²) in [7, 11) is 0. The van der Waals surface area contributed by atoms with Gasteiger partial charge in [-0.15, -0.1) is 0 Å². The van der Waals surface area contributed by atoms with Crippen molar-refractivity contribution >= 4 is 11.3 Å². The average molecular weight is 448 g/mol. The Labute approximate surface area is 200 Å². The average Bonchev–Trinajstić information content (AvgIpc) is 3.45. The molecule has 0 amide bonds. The van der Waals surface area contributed by atoms with Crippen molar-refractivity contribution in [3.05, 3.63) is 83.2 Å². The first-order valence-electron chi connectivity index (χ1n) is 11.9. The van der Waals surface area contributed by atoms with Crippen molar-refractivity contribution in [3.63, 3.8) is 0 Å². The zero-order chi connectivity index (χ0) is 23.7. The van der Waals surface area contributed by atoms with Gasteiger partial charge in [0.2, 0.25) is 0 Å². The Morgan fingerprint density at radius 3 is 1.94 bits per heavy atom. The number of nitrogens with zero attached hydrogens (tertiary/aromatic N) is 4. The van der Waals surface area contributed by atoms with Gasteiger partial charge in [-0.25, -0.2) is 9.97 Å². The minimum atomic E-state index is 0.708. The maximum Gasteiger partial charge on any atom is 0.114 e. The Kier molecular flexibility index (Phi) is 5.93. The van der Waals surface area contributed by atoms with Crippen molar-refractivity contribution in [1.29, 1.82) is 0 Å². The molecule has 5 nitrogen and oxygen atoms in total. The number of aromatic nitrogens is 4. The lowest BCUT2D eigenvalue weighted by molar-refractivity contribution is 0.969. The lowest BCUT2D eigenvalue weighted by atomic mass is 9.99. The third-order valence-electron chi connectivity index (χ3n) is 6.64. The van der Waals surface area contributed by atoms with Gasteiger partial charge >= 0.3 is 0 Å². The summed E-state index contributed by atoms with van der Waals surface area (Å²) < 4.78 is 0. The molecular formula is C29H29N5. The Bertz CT molecular complexity index is 1420. The zero-order valence-electron chi connectivity index (χ0n) is 20.2. The molecule has 0 saturated heterocycles. The highest BCUT2D eigenvalue weighted by Gasteiger charge is 2.18. The molecule has 0 aliphatic carbocycles. The molecule has 0 unspecified atom stereocenters. The van der Waals surface area contributed by atoms with E-state index in [1.165, 1.54) is 16.9 Å². The van der Waals surface area contributed by atoms with Crippen LogP contribution in [0.15, 0.2) is 71.2 Å². The van der Waals surface area contributed by atoms with Crippen molar-refractivity contribution in [2.45, 2.75) is 40.5 Å². The Morgan fingerprint density at radius 1 is 0.735 bits per heavy atom. The highest BCUT2D eigenvalue weighted by Crippen LogP contribution is 2.33. The third-order valence-corrected chi connectivity index (χ3v) is 6.64. The molecule has 0 fully saturated rings. The molecule has 5 rings (SSSR count). The van der Waals surface area contributed by atoms with E-state index in [4.69, 9.17) is 15.0 Å². The van der Waals surface area contributed by atoms with Gasteiger partial charge < -0.3 is 0 Å². The number of aromatic amines is 1. The lowest BCUT2D eigenvalue weighted by Crippen LogP contribution is -1.98. The fourth-order valence-corrected chi connectivity index (χ4v) is 4.66. The summed E-state index contributed by atoms with van der Waals surface area (Å²) in [6, 6.07) is 20.7. The van der Waals surface area contributed by atoms with E-state index in [0.717, 1.165) is 63.7 Å². The quantitative estimate of drug-likeness (QED) is 0.357. The normalized spacial score (nSPS) is 13.5. The lowest BCUT2D eigenvalue weighted by Gasteiger charge is -2.12. The van der Waals surface area contributed by atoms with Gasteiger partial charge in [0.1, 0.15) is 5.69 Å². The molecule has 0 radical (unpaired) electrons. The molecule has 1 aliphatic heterocycles. The van der Waals surface area contributed by atoms with Crippen molar-refractivity contribution < 1.29 is 0 Å². The largest absolute Gasteiger partial charge is 0.285 e. The summed E-state index contributed by atoms with van der Waals surface area (Å²) in [5, 5.41) is 7.68. The maximum atomic E-state index is 5.06. The van der Waals surface area contributed by atoms with Crippen molar-refractivity contribution in [2.75, 3.05) is 6.54 Å². The van der Waals surface area contributed by atoms with Crippen LogP contribution in [0.5, 0.6) is 0 Å². The SMILES string of the molecule is CCC1=NCC(c2cccc(-c3ccccc3-c3cccc(-c4n[nH]c(CC)c4C)n3)n2)=C1C. The number of allylic oxidation sites excluding steroid dienone is 1. The van der Waals surface area contributed by atoms with Gasteiger partial charge in [0, 0.05) is 28.1 Å². The maximum absolute atomic E-state index is 5.06. The van der Waals surface area contributed by atoms with E-state index in [-0.39, 0.29) is 0 Å². The fourth-order valence-electron chi connectivity index (χ4n) is 4.66. The second kappa shape index (κ2) is 9.18. The summed E-state index contributed by atoms with van der Waals surface area (Å²) in [6.07, 6.45) is 1.87. The summed E-state index contributed by atoms with van der Waals surface area (Å²) in [5.74, 6) is 0. The third kappa shape index (κ3) is 3.87. The van der Waals surface area contributed by atoms with Crippen LogP contribution in [0.2, 0.25) is 0 Å². The fraction of sp³-hybridized carbons (Fsp3) is 0.241. The molecular weight excluding hydrogens is 418 g/mol. The predicted molar refractivity (Wildman–Crippen MR) is 140 cm³/mol. The molecule has 0 spiro atoms. The Morgan fingerprint density at radius 2 is 1.35 bits per heavy atom. The van der Waals surface area contributed by atoms with Gasteiger partial charge in [-0.1, -0.05) is 50.2 Å². The minimum absolute atomic E-state index is 0.708. The van der Waals surface area contributed by atoms with E-state index < -0.39 is 0 Å². The van der Waals surface area contributed by atoms with Crippen LogP contribution in [0.4, 0.5) is 0 Å². The second-order valence-corrected chi connectivity index (χ2v) is 8.61. The summed E-state index contributed by atoms with van der Waals surface area (Å²) >= 11 is 0. The van der Waals surface area contributed by atoms with Crippen LogP contribution in [0.25, 0.3) is 39.5 Å². The number of hydrogen-bond donors (Lipinski definition) is 1. The van der Waals surface area contributed by atoms with Gasteiger partial charge in [-0.3, -0.25) is 10.1 Å². The van der Waals surface area contributed by atoms with Crippen LogP contribution < -0.4 is 0 Å². The number of aliphatic imine (C=N–C) groups is 1. The monoisotopic (exact) mass is 447 g/mol. The first-order valence-corrected chi connectivity index (χ1v) is 11.9. The Hall–Kier alpha value is -3.86. The molecule has 1 aliphatic rings. The zero-order valence-corrected chi connectivity index (χ0v) is 20.2. The van der Waals surface area contributed by atoms with Crippen LogP contribution >= 0.6 is 0 Å². The van der Waals surface area contributed by atoms with Crippen LogP contribution in [-0.2, 0) is 6.42 Å². The van der Waals surface area contributed by atoms with Gasteiger partial charge in [0.15, 0.2) is 0 Å². The number of rotatable bonds is 6. The Balaban J connectivity index is 1.56. The van der Waals surface area contributed by atoms with Crippen LogP contribution in [-0.4, -0.2) is 32.4 Å². The molecule has 3 aromatic heterocycles. The van der Waals surface area contributed by atoms with Crippen molar-refractivity contribution in [1.82, 2.24) is 20.2 Å². The standard InChI is InChI=1S/C29H29N5/c1-5-23-18(3)22(17-30-23)27-15-9-13-25(31-27)20-11-7-8-12-21(20)26-14-10-16-28(32-26)29-19(4)24(6-2)33-34-29/h7-16H,5-6,17H2,1-4H3,(H,33,34). The molecule has 5 heteroatoms. The van der Waals surface area contributed by atoms with Crippen molar-refractivity contribution in [3.8, 4) is 33.9 Å². The number of pyridine rings is 2. The first-order chi connectivity index (χ1) is 16.6. The minimum Gasteiger partial charge on any atom is -0.285 e. The van der Waals surface area contributed by atoms with E-state index in [0.29, 0.717) is 6.54 Å². The summed E-state index contributed by atoms with van der Waals surface area (Å²) in [6.45, 7) is 9.25. The molecule has 0 saturated carbocycles. The smallest absolute Gasteiger partial charge is 0.114 e. The number of aryl methyl sites for hydroxylation is 1. The molecule has 34 heavy (non-hydrogen) atoms. The first kappa shape index (κ1) is 22.0. The predicted octanol–water partition coefficient (Wildman–Crippen LogP) is 6.71. The number of nitrogens with one attached hydrogen (secondary N) is 1. The molecule has 1 aromatic carbocycles. The summed E-state index contributed by atoms with van der Waals surface area (Å²) in [5.41, 5.74) is 12.7. The molecule has 4 aromatic rings. The highest BCUT2D eigenvalue weighted by atomic mass is 15.1. The molecule has 1 N–H and O–H groups in total. The second-order valence-electron chi connectivity index (χ2n) is 8.61. The highest BCUT2D eigenvalue weighted by molar-refractivity contribution is 6.09. The van der Waals surface area contributed by atoms with Crippen LogP contribution in [0.3, 0.4) is 0 Å². The molecule has 4 heterocycles. The van der Waals surface area contributed by atoms with Crippen molar-refractivity contribution in [2.24, 2.45) is 4.99 Å². The van der Waals surface area contributed by atoms with Crippen LogP contribution in [0, 0.1) is 6.92 Å². The molecule has 0 bridgehead atoms.